The molecule has 2 heterocycles. The third-order valence-electron chi connectivity index (χ3n) is 2.40. The van der Waals surface area contributed by atoms with Gasteiger partial charge in [-0.05, 0) is 46.5 Å². The topological polar surface area (TPSA) is 26.3 Å². The Morgan fingerprint density at radius 3 is 2.88 bits per heavy atom. The van der Waals surface area contributed by atoms with Crippen LogP contribution >= 0.6 is 22.7 Å². The quantitative estimate of drug-likeness (QED) is 0.510. The average Bonchev–Trinajstić information content (AvgIpc) is 2.99. The zero-order valence-electron chi connectivity index (χ0n) is 8.75. The van der Waals surface area contributed by atoms with Gasteiger partial charge in [0.15, 0.2) is 0 Å². The number of esters is 1. The molecule has 0 N–H and O–H groups in total. The first kappa shape index (κ1) is 10.5. The molecule has 0 spiro atoms. The second kappa shape index (κ2) is 4.31. The molecule has 0 atom stereocenters. The first-order chi connectivity index (χ1) is 8.33. The summed E-state index contributed by atoms with van der Waals surface area (Å²) >= 11 is 3.12. The average molecular weight is 260 g/mol. The fraction of sp³-hybridized carbons (Fsp3) is 0. The fourth-order valence-electron chi connectivity index (χ4n) is 1.55. The van der Waals surface area contributed by atoms with E-state index in [-0.39, 0.29) is 5.97 Å². The minimum absolute atomic E-state index is 0.304. The lowest BCUT2D eigenvalue weighted by Crippen LogP contribution is -2.06. The van der Waals surface area contributed by atoms with Crippen LogP contribution < -0.4 is 4.74 Å². The summed E-state index contributed by atoms with van der Waals surface area (Å²) in [7, 11) is 0. The Morgan fingerprint density at radius 2 is 2.06 bits per heavy atom. The normalized spacial score (nSPS) is 10.6. The van der Waals surface area contributed by atoms with Crippen molar-refractivity contribution in [2.75, 3.05) is 0 Å². The van der Waals surface area contributed by atoms with E-state index in [1.165, 1.54) is 16.7 Å². The largest absolute Gasteiger partial charge is 0.423 e. The molecular formula is C13H8O2S2. The van der Waals surface area contributed by atoms with Crippen LogP contribution in [-0.2, 0) is 0 Å². The number of thiophene rings is 2. The molecule has 1 aromatic carbocycles. The van der Waals surface area contributed by atoms with E-state index in [1.807, 2.05) is 35.0 Å². The van der Waals surface area contributed by atoms with Crippen LogP contribution in [0, 0.1) is 0 Å². The van der Waals surface area contributed by atoms with E-state index >= 15 is 0 Å². The molecule has 0 saturated heterocycles. The molecule has 84 valence electrons. The second-order valence-corrected chi connectivity index (χ2v) is 5.25. The van der Waals surface area contributed by atoms with Crippen LogP contribution in [0.4, 0.5) is 0 Å². The minimum Gasteiger partial charge on any atom is -0.423 e. The molecule has 0 aliphatic heterocycles. The van der Waals surface area contributed by atoms with Gasteiger partial charge in [-0.15, -0.1) is 11.3 Å². The first-order valence-corrected chi connectivity index (χ1v) is 6.87. The van der Waals surface area contributed by atoms with Crippen molar-refractivity contribution in [1.82, 2.24) is 0 Å². The van der Waals surface area contributed by atoms with E-state index in [1.54, 1.807) is 22.8 Å². The molecule has 0 radical (unpaired) electrons. The van der Waals surface area contributed by atoms with Gasteiger partial charge in [-0.2, -0.15) is 11.3 Å². The Balaban J connectivity index is 1.87. The first-order valence-electron chi connectivity index (χ1n) is 5.04. The number of benzene rings is 1. The third kappa shape index (κ3) is 2.09. The van der Waals surface area contributed by atoms with Crippen LogP contribution in [0.25, 0.3) is 10.1 Å². The maximum absolute atomic E-state index is 11.7. The Hall–Kier alpha value is -1.65. The van der Waals surface area contributed by atoms with Crippen molar-refractivity contribution < 1.29 is 9.53 Å². The maximum Gasteiger partial charge on any atom is 0.344 e. The smallest absolute Gasteiger partial charge is 0.344 e. The summed E-state index contributed by atoms with van der Waals surface area (Å²) in [5.74, 6) is 0.290. The Kier molecular flexibility index (Phi) is 2.66. The van der Waals surface area contributed by atoms with E-state index in [0.29, 0.717) is 11.3 Å². The third-order valence-corrected chi connectivity index (χ3v) is 3.96. The number of rotatable bonds is 2. The highest BCUT2D eigenvalue weighted by Gasteiger charge is 2.09. The summed E-state index contributed by atoms with van der Waals surface area (Å²) in [5, 5.41) is 6.84. The Morgan fingerprint density at radius 1 is 1.12 bits per heavy atom. The van der Waals surface area contributed by atoms with Gasteiger partial charge >= 0.3 is 5.97 Å². The van der Waals surface area contributed by atoms with Gasteiger partial charge in [-0.1, -0.05) is 0 Å². The Bertz CT molecular complexity index is 653. The molecular weight excluding hydrogens is 252 g/mol. The summed E-state index contributed by atoms with van der Waals surface area (Å²) in [4.78, 5) is 11.7. The zero-order chi connectivity index (χ0) is 11.7. The van der Waals surface area contributed by atoms with Crippen molar-refractivity contribution >= 4 is 38.7 Å². The van der Waals surface area contributed by atoms with Gasteiger partial charge in [0.1, 0.15) is 5.75 Å². The number of fused-ring (bicyclic) bond motifs is 1. The molecule has 0 bridgehead atoms. The van der Waals surface area contributed by atoms with Crippen LogP contribution in [0.5, 0.6) is 5.75 Å². The summed E-state index contributed by atoms with van der Waals surface area (Å²) in [6.07, 6.45) is 0. The monoisotopic (exact) mass is 260 g/mol. The summed E-state index contributed by atoms with van der Waals surface area (Å²) in [5.41, 5.74) is 0.598. The lowest BCUT2D eigenvalue weighted by atomic mass is 10.2. The van der Waals surface area contributed by atoms with Crippen molar-refractivity contribution in [2.24, 2.45) is 0 Å². The number of ether oxygens (including phenoxy) is 1. The standard InChI is InChI=1S/C13H8O2S2/c14-13(10-3-5-16-8-10)15-11-2-1-9-4-6-17-12(9)7-11/h1-8H. The maximum atomic E-state index is 11.7. The van der Waals surface area contributed by atoms with Gasteiger partial charge in [0.2, 0.25) is 0 Å². The zero-order valence-corrected chi connectivity index (χ0v) is 10.4. The van der Waals surface area contributed by atoms with Crippen molar-refractivity contribution in [3.63, 3.8) is 0 Å². The van der Waals surface area contributed by atoms with Gasteiger partial charge in [0.05, 0.1) is 5.56 Å². The lowest BCUT2D eigenvalue weighted by molar-refractivity contribution is 0.0735. The van der Waals surface area contributed by atoms with Gasteiger partial charge in [-0.25, -0.2) is 4.79 Å². The van der Waals surface area contributed by atoms with Crippen molar-refractivity contribution in [3.05, 3.63) is 52.0 Å². The van der Waals surface area contributed by atoms with Crippen LogP contribution in [0.15, 0.2) is 46.5 Å². The molecule has 3 rings (SSSR count). The highest BCUT2D eigenvalue weighted by molar-refractivity contribution is 7.17. The van der Waals surface area contributed by atoms with Gasteiger partial charge in [0, 0.05) is 10.1 Å². The molecule has 0 amide bonds. The van der Waals surface area contributed by atoms with Gasteiger partial charge < -0.3 is 4.74 Å². The van der Waals surface area contributed by atoms with E-state index in [2.05, 4.69) is 0 Å². The van der Waals surface area contributed by atoms with Crippen LogP contribution in [0.3, 0.4) is 0 Å². The molecule has 4 heteroatoms. The van der Waals surface area contributed by atoms with E-state index in [9.17, 15) is 4.79 Å². The fourth-order valence-corrected chi connectivity index (χ4v) is 2.99. The summed E-state index contributed by atoms with van der Waals surface area (Å²) in [6.45, 7) is 0. The van der Waals surface area contributed by atoms with E-state index in [0.717, 1.165) is 4.70 Å². The van der Waals surface area contributed by atoms with E-state index < -0.39 is 0 Å². The van der Waals surface area contributed by atoms with Crippen LogP contribution in [0.2, 0.25) is 0 Å². The summed E-state index contributed by atoms with van der Waals surface area (Å²) in [6, 6.07) is 9.48. The van der Waals surface area contributed by atoms with Crippen LogP contribution in [-0.4, -0.2) is 5.97 Å². The van der Waals surface area contributed by atoms with E-state index in [4.69, 9.17) is 4.74 Å². The molecule has 0 unspecified atom stereocenters. The van der Waals surface area contributed by atoms with Crippen molar-refractivity contribution in [1.29, 1.82) is 0 Å². The highest BCUT2D eigenvalue weighted by atomic mass is 32.1. The number of hydrogen-bond donors (Lipinski definition) is 0. The molecule has 2 nitrogen and oxygen atoms in total. The van der Waals surface area contributed by atoms with Gasteiger partial charge in [0.25, 0.3) is 0 Å². The molecule has 0 aliphatic carbocycles. The predicted molar refractivity (Wildman–Crippen MR) is 71.1 cm³/mol. The molecule has 17 heavy (non-hydrogen) atoms. The molecule has 0 saturated carbocycles. The molecule has 0 fully saturated rings. The Labute approximate surface area is 106 Å². The number of carbonyl (C=O) groups is 1. The minimum atomic E-state index is -0.304. The second-order valence-electron chi connectivity index (χ2n) is 3.52. The highest BCUT2D eigenvalue weighted by Crippen LogP contribution is 2.26. The van der Waals surface area contributed by atoms with Gasteiger partial charge in [-0.3, -0.25) is 0 Å². The number of hydrogen-bond acceptors (Lipinski definition) is 4. The SMILES string of the molecule is O=C(Oc1ccc2ccsc2c1)c1ccsc1. The van der Waals surface area contributed by atoms with Crippen molar-refractivity contribution in [3.8, 4) is 5.75 Å². The molecule has 0 aliphatic rings. The van der Waals surface area contributed by atoms with Crippen LogP contribution in [0.1, 0.15) is 10.4 Å². The predicted octanol–water partition coefficient (Wildman–Crippen LogP) is 4.18. The molecule has 3 aromatic rings. The summed E-state index contributed by atoms with van der Waals surface area (Å²) < 4.78 is 6.44. The lowest BCUT2D eigenvalue weighted by Gasteiger charge is -2.02. The molecule has 2 aromatic heterocycles. The number of carbonyl (C=O) groups excluding carboxylic acids is 1. The van der Waals surface area contributed by atoms with Crippen molar-refractivity contribution in [2.45, 2.75) is 0 Å².